The third-order valence-electron chi connectivity index (χ3n) is 7.52. The van der Waals surface area contributed by atoms with Crippen LogP contribution in [0.5, 0.6) is 5.75 Å². The van der Waals surface area contributed by atoms with E-state index >= 15 is 0 Å². The number of rotatable bonds is 4. The first-order chi connectivity index (χ1) is 16.1. The van der Waals surface area contributed by atoms with Crippen molar-refractivity contribution in [3.63, 3.8) is 0 Å². The summed E-state index contributed by atoms with van der Waals surface area (Å²) in [4.78, 5) is 14.7. The Labute approximate surface area is 193 Å². The number of hydrogen-bond donors (Lipinski definition) is 1. The maximum absolute atomic E-state index is 12.7. The molecule has 1 atom stereocenters. The van der Waals surface area contributed by atoms with E-state index in [1.54, 1.807) is 13.4 Å². The Bertz CT molecular complexity index is 1160. The third kappa shape index (κ3) is 3.42. The van der Waals surface area contributed by atoms with Crippen molar-refractivity contribution in [3.8, 4) is 11.4 Å². The number of aryl methyl sites for hydroxylation is 1. The Hall–Kier alpha value is -3.19. The van der Waals surface area contributed by atoms with Gasteiger partial charge in [-0.05, 0) is 49.2 Å². The number of fused-ring (bicyclic) bond motifs is 4. The molecule has 2 aromatic heterocycles. The largest absolute Gasteiger partial charge is 0.497 e. The van der Waals surface area contributed by atoms with Crippen LogP contribution in [0.1, 0.15) is 37.1 Å². The van der Waals surface area contributed by atoms with E-state index in [4.69, 9.17) is 13.9 Å². The normalized spacial score (nSPS) is 22.8. The van der Waals surface area contributed by atoms with Crippen molar-refractivity contribution in [2.75, 3.05) is 32.1 Å². The number of hydrogen-bond acceptors (Lipinski definition) is 5. The van der Waals surface area contributed by atoms with Gasteiger partial charge < -0.3 is 28.7 Å². The molecule has 0 bridgehead atoms. The number of ether oxygens (including phenoxy) is 2. The lowest BCUT2D eigenvalue weighted by Crippen LogP contribution is -2.48. The van der Waals surface area contributed by atoms with Crippen molar-refractivity contribution in [1.82, 2.24) is 9.47 Å². The van der Waals surface area contributed by atoms with Crippen molar-refractivity contribution in [2.24, 2.45) is 0 Å². The summed E-state index contributed by atoms with van der Waals surface area (Å²) in [6.45, 7) is 2.08. The fraction of sp³-hybridized carbons (Fsp3) is 0.423. The molecule has 172 valence electrons. The second kappa shape index (κ2) is 7.70. The first kappa shape index (κ1) is 20.4. The van der Waals surface area contributed by atoms with Gasteiger partial charge in [0, 0.05) is 44.6 Å². The van der Waals surface area contributed by atoms with Gasteiger partial charge in [0.25, 0.3) is 0 Å². The van der Waals surface area contributed by atoms with E-state index in [9.17, 15) is 4.79 Å². The zero-order valence-electron chi connectivity index (χ0n) is 18.9. The quantitative estimate of drug-likeness (QED) is 0.652. The van der Waals surface area contributed by atoms with Crippen LogP contribution >= 0.6 is 0 Å². The van der Waals surface area contributed by atoms with E-state index in [1.165, 1.54) is 5.69 Å². The SMILES string of the molecule is COc1ccc2c(c1)N[C@@]1(COC3(CCN(C(=O)CCc4ccco4)CC3)C1)c1cccn1-2. The first-order valence-electron chi connectivity index (χ1n) is 11.7. The van der Waals surface area contributed by atoms with Crippen molar-refractivity contribution in [1.29, 1.82) is 0 Å². The maximum Gasteiger partial charge on any atom is 0.223 e. The Morgan fingerprint density at radius 3 is 2.85 bits per heavy atom. The second-order valence-electron chi connectivity index (χ2n) is 9.46. The molecule has 0 radical (unpaired) electrons. The monoisotopic (exact) mass is 447 g/mol. The molecule has 7 nitrogen and oxygen atoms in total. The Morgan fingerprint density at radius 1 is 1.18 bits per heavy atom. The molecule has 1 N–H and O–H groups in total. The maximum atomic E-state index is 12.7. The third-order valence-corrected chi connectivity index (χ3v) is 7.52. The van der Waals surface area contributed by atoms with Gasteiger partial charge in [0.2, 0.25) is 5.91 Å². The highest BCUT2D eigenvalue weighted by molar-refractivity contribution is 5.76. The number of benzene rings is 1. The average molecular weight is 448 g/mol. The molecule has 0 saturated carbocycles. The number of anilines is 1. The fourth-order valence-electron chi connectivity index (χ4n) is 5.76. The smallest absolute Gasteiger partial charge is 0.223 e. The topological polar surface area (TPSA) is 68.9 Å². The van der Waals surface area contributed by atoms with E-state index < -0.39 is 0 Å². The lowest BCUT2D eigenvalue weighted by atomic mass is 9.79. The van der Waals surface area contributed by atoms with E-state index in [-0.39, 0.29) is 17.0 Å². The van der Waals surface area contributed by atoms with Gasteiger partial charge in [0.1, 0.15) is 17.0 Å². The molecule has 5 heterocycles. The minimum absolute atomic E-state index is 0.194. The lowest BCUT2D eigenvalue weighted by molar-refractivity contribution is -0.136. The van der Waals surface area contributed by atoms with Crippen molar-refractivity contribution < 1.29 is 18.7 Å². The van der Waals surface area contributed by atoms with Crippen LogP contribution < -0.4 is 10.1 Å². The minimum Gasteiger partial charge on any atom is -0.497 e. The van der Waals surface area contributed by atoms with Crippen LogP contribution in [0.15, 0.2) is 59.3 Å². The molecule has 3 aliphatic heterocycles. The molecule has 0 aliphatic carbocycles. The molecule has 0 unspecified atom stereocenters. The number of carbonyl (C=O) groups is 1. The summed E-state index contributed by atoms with van der Waals surface area (Å²) in [6.07, 6.45) is 7.50. The Balaban J connectivity index is 1.17. The summed E-state index contributed by atoms with van der Waals surface area (Å²) in [5.41, 5.74) is 2.92. The van der Waals surface area contributed by atoms with E-state index in [0.29, 0.717) is 19.4 Å². The van der Waals surface area contributed by atoms with Crippen molar-refractivity contribution in [3.05, 3.63) is 66.4 Å². The molecule has 3 aliphatic rings. The molecule has 7 heteroatoms. The van der Waals surface area contributed by atoms with Gasteiger partial charge >= 0.3 is 0 Å². The highest BCUT2D eigenvalue weighted by Gasteiger charge is 2.54. The lowest BCUT2D eigenvalue weighted by Gasteiger charge is -2.41. The molecule has 3 aromatic rings. The molecule has 1 amide bonds. The summed E-state index contributed by atoms with van der Waals surface area (Å²) < 4.78 is 19.7. The number of nitrogens with zero attached hydrogens (tertiary/aromatic N) is 2. The van der Waals surface area contributed by atoms with E-state index in [2.05, 4.69) is 40.3 Å². The average Bonchev–Trinajstić information content (AvgIpc) is 3.60. The Kier molecular flexibility index (Phi) is 4.76. The number of aromatic nitrogens is 1. The van der Waals surface area contributed by atoms with Crippen LogP contribution in [0, 0.1) is 0 Å². The van der Waals surface area contributed by atoms with Crippen LogP contribution in [0.3, 0.4) is 0 Å². The summed E-state index contributed by atoms with van der Waals surface area (Å²) in [6, 6.07) is 14.2. The number of nitrogens with one attached hydrogen (secondary N) is 1. The highest BCUT2D eigenvalue weighted by atomic mass is 16.5. The molecule has 2 spiro atoms. The number of carbonyl (C=O) groups excluding carboxylic acids is 1. The second-order valence-corrected chi connectivity index (χ2v) is 9.46. The fourth-order valence-corrected chi connectivity index (χ4v) is 5.76. The van der Waals surface area contributed by atoms with Crippen molar-refractivity contribution in [2.45, 2.75) is 43.2 Å². The summed E-state index contributed by atoms with van der Waals surface area (Å²) in [7, 11) is 1.69. The standard InChI is InChI=1S/C26H29N3O4/c1-31-20-6-8-22-21(16-20)27-26(23-5-2-12-29(22)23)17-25(33-18-26)10-13-28(14-11-25)24(30)9-7-19-4-3-15-32-19/h2-6,8,12,15-16,27H,7,9-11,13-14,17-18H2,1H3/t26-/m0/s1. The molecular formula is C26H29N3O4. The number of amides is 1. The predicted molar refractivity (Wildman–Crippen MR) is 124 cm³/mol. The van der Waals surface area contributed by atoms with Crippen LogP contribution in [-0.2, 0) is 21.5 Å². The molecule has 2 fully saturated rings. The minimum atomic E-state index is -0.283. The van der Waals surface area contributed by atoms with Crippen molar-refractivity contribution >= 4 is 11.6 Å². The summed E-state index contributed by atoms with van der Waals surface area (Å²) >= 11 is 0. The van der Waals surface area contributed by atoms with Crippen LogP contribution in [-0.4, -0.2) is 47.8 Å². The number of likely N-dealkylation sites (tertiary alicyclic amines) is 1. The van der Waals surface area contributed by atoms with Crippen LogP contribution in [0.4, 0.5) is 5.69 Å². The van der Waals surface area contributed by atoms with E-state index in [1.807, 2.05) is 23.1 Å². The van der Waals surface area contributed by atoms with Gasteiger partial charge in [-0.1, -0.05) is 0 Å². The van der Waals surface area contributed by atoms with Gasteiger partial charge in [-0.15, -0.1) is 0 Å². The zero-order chi connectivity index (χ0) is 22.5. The summed E-state index contributed by atoms with van der Waals surface area (Å²) in [5, 5.41) is 3.81. The van der Waals surface area contributed by atoms with Crippen LogP contribution in [0.25, 0.3) is 5.69 Å². The zero-order valence-corrected chi connectivity index (χ0v) is 18.9. The van der Waals surface area contributed by atoms with Gasteiger partial charge in [-0.2, -0.15) is 0 Å². The molecule has 33 heavy (non-hydrogen) atoms. The molecule has 1 aromatic carbocycles. The number of piperidine rings is 1. The molecule has 6 rings (SSSR count). The predicted octanol–water partition coefficient (Wildman–Crippen LogP) is 4.11. The summed E-state index contributed by atoms with van der Waals surface area (Å²) in [5.74, 6) is 1.89. The van der Waals surface area contributed by atoms with E-state index in [0.717, 1.165) is 55.2 Å². The van der Waals surface area contributed by atoms with Gasteiger partial charge in [0.05, 0.1) is 42.6 Å². The van der Waals surface area contributed by atoms with Gasteiger partial charge in [-0.3, -0.25) is 4.79 Å². The number of furan rings is 1. The Morgan fingerprint density at radius 2 is 2.06 bits per heavy atom. The highest BCUT2D eigenvalue weighted by Crippen LogP contribution is 2.50. The number of methoxy groups -OCH3 is 1. The van der Waals surface area contributed by atoms with Crippen LogP contribution in [0.2, 0.25) is 0 Å². The molecule has 2 saturated heterocycles. The van der Waals surface area contributed by atoms with Gasteiger partial charge in [-0.25, -0.2) is 0 Å². The molecular weight excluding hydrogens is 418 g/mol. The van der Waals surface area contributed by atoms with Gasteiger partial charge in [0.15, 0.2) is 0 Å². The first-order valence-corrected chi connectivity index (χ1v) is 11.7.